The third kappa shape index (κ3) is 3.96. The van der Waals surface area contributed by atoms with Gasteiger partial charge in [-0.05, 0) is 44.4 Å². The third-order valence-electron chi connectivity index (χ3n) is 4.34. The van der Waals surface area contributed by atoms with Crippen molar-refractivity contribution in [1.82, 2.24) is 5.32 Å². The predicted molar refractivity (Wildman–Crippen MR) is 72.5 cm³/mol. The molecule has 0 saturated heterocycles. The van der Waals surface area contributed by atoms with Gasteiger partial charge in [0.1, 0.15) is 5.54 Å². The summed E-state index contributed by atoms with van der Waals surface area (Å²) in [6, 6.07) is 2.18. The number of carbonyl (C=O) groups excluding carboxylic acids is 2. The predicted octanol–water partition coefficient (Wildman–Crippen LogP) is 2.06. The molecule has 0 atom stereocenters. The first-order chi connectivity index (χ1) is 9.63. The summed E-state index contributed by atoms with van der Waals surface area (Å²) in [4.78, 5) is 23.4. The summed E-state index contributed by atoms with van der Waals surface area (Å²) in [6.45, 7) is -0.269. The molecule has 0 aliphatic heterocycles. The van der Waals surface area contributed by atoms with Crippen LogP contribution in [0.4, 0.5) is 0 Å². The summed E-state index contributed by atoms with van der Waals surface area (Å²) in [7, 11) is 0. The molecule has 1 N–H and O–H groups in total. The Morgan fingerprint density at radius 1 is 1.20 bits per heavy atom. The second-order valence-electron chi connectivity index (χ2n) is 5.96. The van der Waals surface area contributed by atoms with Crippen LogP contribution < -0.4 is 5.32 Å². The Labute approximate surface area is 119 Å². The maximum atomic E-state index is 11.8. The van der Waals surface area contributed by atoms with Crippen molar-refractivity contribution in [1.29, 1.82) is 5.26 Å². The van der Waals surface area contributed by atoms with Crippen LogP contribution in [0.1, 0.15) is 57.8 Å². The van der Waals surface area contributed by atoms with Gasteiger partial charge in [0.15, 0.2) is 6.61 Å². The number of ether oxygens (including phenoxy) is 1. The van der Waals surface area contributed by atoms with Crippen LogP contribution in [0, 0.1) is 17.2 Å². The SMILES string of the molecule is N#CC1(NC(=O)COC(=O)CC2CCCC2)CCCC1. The molecule has 0 spiro atoms. The molecule has 0 radical (unpaired) electrons. The van der Waals surface area contributed by atoms with Crippen LogP contribution in [0.2, 0.25) is 0 Å². The molecule has 0 aromatic heterocycles. The van der Waals surface area contributed by atoms with E-state index < -0.39 is 5.54 Å². The maximum absolute atomic E-state index is 11.8. The number of amides is 1. The monoisotopic (exact) mass is 278 g/mol. The molecule has 2 rings (SSSR count). The largest absolute Gasteiger partial charge is 0.456 e. The van der Waals surface area contributed by atoms with E-state index in [2.05, 4.69) is 11.4 Å². The van der Waals surface area contributed by atoms with Gasteiger partial charge in [0, 0.05) is 6.42 Å². The second kappa shape index (κ2) is 6.74. The fourth-order valence-corrected chi connectivity index (χ4v) is 3.20. The van der Waals surface area contributed by atoms with Crippen LogP contribution in [-0.2, 0) is 14.3 Å². The zero-order valence-corrected chi connectivity index (χ0v) is 11.8. The number of hydrogen-bond donors (Lipinski definition) is 1. The second-order valence-corrected chi connectivity index (χ2v) is 5.96. The van der Waals surface area contributed by atoms with E-state index in [0.717, 1.165) is 25.7 Å². The first-order valence-electron chi connectivity index (χ1n) is 7.51. The van der Waals surface area contributed by atoms with E-state index in [-0.39, 0.29) is 18.5 Å². The molecular weight excluding hydrogens is 256 g/mol. The summed E-state index contributed by atoms with van der Waals surface area (Å²) in [5, 5.41) is 11.9. The van der Waals surface area contributed by atoms with Gasteiger partial charge in [0.05, 0.1) is 6.07 Å². The molecule has 2 aliphatic carbocycles. The van der Waals surface area contributed by atoms with E-state index >= 15 is 0 Å². The molecule has 1 amide bonds. The van der Waals surface area contributed by atoms with Gasteiger partial charge in [-0.15, -0.1) is 0 Å². The van der Waals surface area contributed by atoms with Crippen LogP contribution in [0.3, 0.4) is 0 Å². The van der Waals surface area contributed by atoms with Crippen molar-refractivity contribution < 1.29 is 14.3 Å². The average molecular weight is 278 g/mol. The van der Waals surface area contributed by atoms with Crippen molar-refractivity contribution in [3.05, 3.63) is 0 Å². The fourth-order valence-electron chi connectivity index (χ4n) is 3.20. The normalized spacial score (nSPS) is 21.4. The number of nitriles is 1. The number of esters is 1. The van der Waals surface area contributed by atoms with Crippen molar-refractivity contribution in [2.75, 3.05) is 6.61 Å². The van der Waals surface area contributed by atoms with Crippen LogP contribution in [0.15, 0.2) is 0 Å². The minimum atomic E-state index is -0.741. The molecule has 0 aromatic carbocycles. The van der Waals surface area contributed by atoms with Crippen molar-refractivity contribution in [2.45, 2.75) is 63.3 Å². The smallest absolute Gasteiger partial charge is 0.306 e. The molecule has 5 heteroatoms. The molecule has 0 unspecified atom stereocenters. The number of rotatable bonds is 5. The minimum absolute atomic E-state index is 0.269. The lowest BCUT2D eigenvalue weighted by atomic mass is 10.00. The third-order valence-corrected chi connectivity index (χ3v) is 4.34. The highest BCUT2D eigenvalue weighted by Crippen LogP contribution is 2.29. The lowest BCUT2D eigenvalue weighted by Gasteiger charge is -2.21. The van der Waals surface area contributed by atoms with Crippen LogP contribution >= 0.6 is 0 Å². The summed E-state index contributed by atoms with van der Waals surface area (Å²) in [6.07, 6.45) is 8.22. The van der Waals surface area contributed by atoms with Crippen molar-refractivity contribution >= 4 is 11.9 Å². The van der Waals surface area contributed by atoms with E-state index in [4.69, 9.17) is 10.00 Å². The Balaban J connectivity index is 1.69. The standard InChI is InChI=1S/C15H22N2O3/c16-11-15(7-3-4-8-15)17-13(18)10-20-14(19)9-12-5-1-2-6-12/h12H,1-10H2,(H,17,18). The number of nitrogens with zero attached hydrogens (tertiary/aromatic N) is 1. The highest BCUT2D eigenvalue weighted by Gasteiger charge is 2.35. The van der Waals surface area contributed by atoms with Gasteiger partial charge in [-0.25, -0.2) is 0 Å². The summed E-state index contributed by atoms with van der Waals surface area (Å²) in [5.74, 6) is -0.247. The van der Waals surface area contributed by atoms with E-state index in [1.165, 1.54) is 12.8 Å². The van der Waals surface area contributed by atoms with Gasteiger partial charge >= 0.3 is 5.97 Å². The van der Waals surface area contributed by atoms with Crippen LogP contribution in [0.5, 0.6) is 0 Å². The van der Waals surface area contributed by atoms with Gasteiger partial charge in [0.25, 0.3) is 5.91 Å². The van der Waals surface area contributed by atoms with E-state index in [0.29, 0.717) is 25.2 Å². The number of carbonyl (C=O) groups is 2. The molecule has 0 bridgehead atoms. The van der Waals surface area contributed by atoms with Crippen molar-refractivity contribution in [2.24, 2.45) is 5.92 Å². The molecule has 0 aromatic rings. The molecule has 2 fully saturated rings. The van der Waals surface area contributed by atoms with Gasteiger partial charge in [-0.2, -0.15) is 5.26 Å². The zero-order valence-electron chi connectivity index (χ0n) is 11.8. The summed E-state index contributed by atoms with van der Waals surface area (Å²) < 4.78 is 5.01. The van der Waals surface area contributed by atoms with E-state index in [1.807, 2.05) is 0 Å². The van der Waals surface area contributed by atoms with Crippen LogP contribution in [-0.4, -0.2) is 24.0 Å². The Bertz CT molecular complexity index is 402. The maximum Gasteiger partial charge on any atom is 0.306 e. The quantitative estimate of drug-likeness (QED) is 0.781. The van der Waals surface area contributed by atoms with E-state index in [9.17, 15) is 9.59 Å². The zero-order chi connectivity index (χ0) is 14.4. The Kier molecular flexibility index (Phi) is 4.99. The lowest BCUT2D eigenvalue weighted by Crippen LogP contribution is -2.46. The Hall–Kier alpha value is -1.57. The Morgan fingerprint density at radius 3 is 2.45 bits per heavy atom. The molecule has 2 aliphatic rings. The molecular formula is C15H22N2O3. The summed E-state index contributed by atoms with van der Waals surface area (Å²) in [5.41, 5.74) is -0.741. The van der Waals surface area contributed by atoms with Gasteiger partial charge in [-0.3, -0.25) is 9.59 Å². The van der Waals surface area contributed by atoms with Gasteiger partial charge < -0.3 is 10.1 Å². The summed E-state index contributed by atoms with van der Waals surface area (Å²) >= 11 is 0. The van der Waals surface area contributed by atoms with Crippen molar-refractivity contribution in [3.63, 3.8) is 0 Å². The molecule has 0 heterocycles. The topological polar surface area (TPSA) is 79.2 Å². The first-order valence-corrected chi connectivity index (χ1v) is 7.51. The minimum Gasteiger partial charge on any atom is -0.456 e. The Morgan fingerprint density at radius 2 is 1.85 bits per heavy atom. The fraction of sp³-hybridized carbons (Fsp3) is 0.800. The van der Waals surface area contributed by atoms with E-state index in [1.54, 1.807) is 0 Å². The average Bonchev–Trinajstić information content (AvgIpc) is 3.09. The van der Waals surface area contributed by atoms with Gasteiger partial charge in [0.2, 0.25) is 0 Å². The first kappa shape index (κ1) is 14.8. The highest BCUT2D eigenvalue weighted by atomic mass is 16.5. The molecule has 110 valence electrons. The molecule has 2 saturated carbocycles. The number of hydrogen-bond acceptors (Lipinski definition) is 4. The molecule has 5 nitrogen and oxygen atoms in total. The van der Waals surface area contributed by atoms with Crippen molar-refractivity contribution in [3.8, 4) is 6.07 Å². The lowest BCUT2D eigenvalue weighted by molar-refractivity contribution is -0.149. The van der Waals surface area contributed by atoms with Gasteiger partial charge in [-0.1, -0.05) is 12.8 Å². The highest BCUT2D eigenvalue weighted by molar-refractivity contribution is 5.81. The van der Waals surface area contributed by atoms with Crippen LogP contribution in [0.25, 0.3) is 0 Å². The molecule has 20 heavy (non-hydrogen) atoms. The number of nitrogens with one attached hydrogen (secondary N) is 1.